The fourth-order valence-corrected chi connectivity index (χ4v) is 3.13. The van der Waals surface area contributed by atoms with Gasteiger partial charge in [-0.25, -0.2) is 4.79 Å². The Morgan fingerprint density at radius 3 is 2.56 bits per heavy atom. The first kappa shape index (κ1) is 24.5. The molecule has 0 bridgehead atoms. The number of hydrogen-bond acceptors (Lipinski definition) is 6. The van der Waals surface area contributed by atoms with Crippen LogP contribution in [0.1, 0.15) is 39.2 Å². The van der Waals surface area contributed by atoms with Crippen molar-refractivity contribution in [3.63, 3.8) is 0 Å². The standard InChI is InChI=1S/C22H26N4O6/c1-13(2)31-22(30)19(9-8-16(28)12-25-23)26-21(29)20(32-14(3)27)10-15-11-24-18-7-5-4-6-17(15)18/h4-7,11-13,19-20,24H,8-10H2,1-3H3,(H,26,29)/t19-,20?/m0/s1. The molecule has 170 valence electrons. The van der Waals surface area contributed by atoms with Gasteiger partial charge in [-0.15, -0.1) is 0 Å². The molecule has 1 aromatic heterocycles. The number of Topliss-reactive ketones (excluding diaryl/α,β-unsaturated/α-hetero) is 1. The maximum Gasteiger partial charge on any atom is 0.328 e. The summed E-state index contributed by atoms with van der Waals surface area (Å²) in [4.78, 5) is 54.4. The van der Waals surface area contributed by atoms with Gasteiger partial charge in [-0.1, -0.05) is 18.2 Å². The number of ketones is 1. The Hall–Kier alpha value is -3.78. The van der Waals surface area contributed by atoms with Gasteiger partial charge in [0.15, 0.2) is 6.10 Å². The van der Waals surface area contributed by atoms with Crippen molar-refractivity contribution < 1.29 is 33.4 Å². The van der Waals surface area contributed by atoms with E-state index in [1.54, 1.807) is 20.0 Å². The van der Waals surface area contributed by atoms with E-state index in [4.69, 9.17) is 15.0 Å². The number of hydrogen-bond donors (Lipinski definition) is 2. The summed E-state index contributed by atoms with van der Waals surface area (Å²) in [6.07, 6.45) is 0.641. The largest absolute Gasteiger partial charge is 0.461 e. The molecule has 10 heteroatoms. The van der Waals surface area contributed by atoms with Gasteiger partial charge in [-0.3, -0.25) is 14.4 Å². The van der Waals surface area contributed by atoms with Crippen LogP contribution in [-0.2, 0) is 35.1 Å². The molecule has 0 aliphatic heterocycles. The van der Waals surface area contributed by atoms with Crippen molar-refractivity contribution in [2.45, 2.75) is 58.3 Å². The minimum absolute atomic E-state index is 0.0808. The van der Waals surface area contributed by atoms with Gasteiger partial charge >= 0.3 is 18.2 Å². The monoisotopic (exact) mass is 442 g/mol. The lowest BCUT2D eigenvalue weighted by molar-refractivity contribution is -0.156. The van der Waals surface area contributed by atoms with Crippen molar-refractivity contribution in [2.75, 3.05) is 0 Å². The molecular weight excluding hydrogens is 416 g/mol. The van der Waals surface area contributed by atoms with Gasteiger partial charge in [0, 0.05) is 36.9 Å². The first-order chi connectivity index (χ1) is 15.2. The van der Waals surface area contributed by atoms with E-state index in [2.05, 4.69) is 15.1 Å². The van der Waals surface area contributed by atoms with E-state index in [-0.39, 0.29) is 19.3 Å². The normalized spacial score (nSPS) is 12.5. The van der Waals surface area contributed by atoms with Gasteiger partial charge < -0.3 is 25.3 Å². The predicted molar refractivity (Wildman–Crippen MR) is 115 cm³/mol. The Morgan fingerprint density at radius 1 is 1.19 bits per heavy atom. The highest BCUT2D eigenvalue weighted by Crippen LogP contribution is 2.20. The summed E-state index contributed by atoms with van der Waals surface area (Å²) < 4.78 is 10.4. The van der Waals surface area contributed by atoms with Crippen LogP contribution < -0.4 is 5.32 Å². The number of para-hydroxylation sites is 1. The van der Waals surface area contributed by atoms with Crippen LogP contribution in [0.3, 0.4) is 0 Å². The number of rotatable bonds is 11. The predicted octanol–water partition coefficient (Wildman–Crippen LogP) is 1.73. The third kappa shape index (κ3) is 7.17. The summed E-state index contributed by atoms with van der Waals surface area (Å²) in [6.45, 7) is 4.49. The van der Waals surface area contributed by atoms with Gasteiger partial charge in [0.25, 0.3) is 5.91 Å². The SMILES string of the molecule is CC(=O)OC(Cc1c[nH]c2ccccc12)C(=O)N[C@@H](CCC(=O)C=[N+]=[N-])C(=O)OC(C)C. The summed E-state index contributed by atoms with van der Waals surface area (Å²) in [5, 5.41) is 3.40. The Labute approximate surface area is 184 Å². The van der Waals surface area contributed by atoms with E-state index in [1.807, 2.05) is 24.3 Å². The number of nitrogens with zero attached hydrogens (tertiary/aromatic N) is 2. The average molecular weight is 442 g/mol. The molecule has 1 aromatic carbocycles. The molecule has 10 nitrogen and oxygen atoms in total. The lowest BCUT2D eigenvalue weighted by Gasteiger charge is -2.22. The first-order valence-corrected chi connectivity index (χ1v) is 10.1. The summed E-state index contributed by atoms with van der Waals surface area (Å²) in [5.41, 5.74) is 10.1. The first-order valence-electron chi connectivity index (χ1n) is 10.1. The van der Waals surface area contributed by atoms with Crippen LogP contribution in [-0.4, -0.2) is 57.9 Å². The molecule has 0 saturated carbocycles. The molecule has 2 rings (SSSR count). The quantitative estimate of drug-likeness (QED) is 0.234. The van der Waals surface area contributed by atoms with Gasteiger partial charge in [-0.2, -0.15) is 4.79 Å². The van der Waals surface area contributed by atoms with Gasteiger partial charge in [0.05, 0.1) is 6.10 Å². The van der Waals surface area contributed by atoms with Crippen molar-refractivity contribution in [1.29, 1.82) is 0 Å². The average Bonchev–Trinajstić information content (AvgIpc) is 3.12. The molecular formula is C22H26N4O6. The van der Waals surface area contributed by atoms with Crippen LogP contribution in [0.25, 0.3) is 16.4 Å². The molecule has 1 unspecified atom stereocenters. The zero-order chi connectivity index (χ0) is 23.7. The Morgan fingerprint density at radius 2 is 1.91 bits per heavy atom. The molecule has 2 atom stereocenters. The Bertz CT molecular complexity index is 1040. The van der Waals surface area contributed by atoms with Crippen LogP contribution in [0.2, 0.25) is 0 Å². The van der Waals surface area contributed by atoms with E-state index in [9.17, 15) is 19.2 Å². The topological polar surface area (TPSA) is 151 Å². The molecule has 1 amide bonds. The number of amides is 1. The van der Waals surface area contributed by atoms with Crippen molar-refractivity contribution in [1.82, 2.24) is 10.3 Å². The van der Waals surface area contributed by atoms with Crippen molar-refractivity contribution in [3.8, 4) is 0 Å². The number of carbonyl (C=O) groups excluding carboxylic acids is 4. The fourth-order valence-electron chi connectivity index (χ4n) is 3.13. The van der Waals surface area contributed by atoms with Crippen LogP contribution in [0.4, 0.5) is 0 Å². The molecule has 0 aliphatic carbocycles. The lowest BCUT2D eigenvalue weighted by atomic mass is 10.0. The molecule has 0 fully saturated rings. The van der Waals surface area contributed by atoms with Crippen LogP contribution in [0.5, 0.6) is 0 Å². The molecule has 2 aromatic rings. The smallest absolute Gasteiger partial charge is 0.328 e. The second kappa shape index (κ2) is 11.6. The number of H-pyrrole nitrogens is 1. The van der Waals surface area contributed by atoms with E-state index < -0.39 is 41.9 Å². The highest BCUT2D eigenvalue weighted by molar-refractivity contribution is 6.25. The van der Waals surface area contributed by atoms with Gasteiger partial charge in [0.2, 0.25) is 5.78 Å². The number of esters is 2. The van der Waals surface area contributed by atoms with E-state index in [0.717, 1.165) is 16.5 Å². The third-order valence-electron chi connectivity index (χ3n) is 4.51. The molecule has 0 spiro atoms. The number of benzene rings is 1. The molecule has 32 heavy (non-hydrogen) atoms. The zero-order valence-corrected chi connectivity index (χ0v) is 18.2. The van der Waals surface area contributed by atoms with Crippen LogP contribution in [0, 0.1) is 0 Å². The van der Waals surface area contributed by atoms with Crippen molar-refractivity contribution in [3.05, 3.63) is 41.6 Å². The maximum absolute atomic E-state index is 13.0. The minimum atomic E-state index is -1.20. The maximum atomic E-state index is 13.0. The summed E-state index contributed by atoms with van der Waals surface area (Å²) >= 11 is 0. The second-order valence-corrected chi connectivity index (χ2v) is 7.46. The molecule has 2 N–H and O–H groups in total. The number of fused-ring (bicyclic) bond motifs is 1. The molecule has 1 heterocycles. The Balaban J connectivity index is 2.20. The molecule has 0 radical (unpaired) electrons. The van der Waals surface area contributed by atoms with Gasteiger partial charge in [0.1, 0.15) is 6.04 Å². The van der Waals surface area contributed by atoms with Crippen molar-refractivity contribution in [2.24, 2.45) is 0 Å². The minimum Gasteiger partial charge on any atom is -0.461 e. The van der Waals surface area contributed by atoms with Crippen LogP contribution >= 0.6 is 0 Å². The van der Waals surface area contributed by atoms with E-state index >= 15 is 0 Å². The van der Waals surface area contributed by atoms with E-state index in [0.29, 0.717) is 6.21 Å². The molecule has 0 aliphatic rings. The van der Waals surface area contributed by atoms with E-state index in [1.165, 1.54) is 6.92 Å². The number of nitrogens with one attached hydrogen (secondary N) is 2. The zero-order valence-electron chi connectivity index (χ0n) is 18.2. The van der Waals surface area contributed by atoms with Crippen LogP contribution in [0.15, 0.2) is 30.5 Å². The lowest BCUT2D eigenvalue weighted by Crippen LogP contribution is -2.48. The number of aromatic amines is 1. The fraction of sp³-hybridized carbons (Fsp3) is 0.409. The highest BCUT2D eigenvalue weighted by Gasteiger charge is 2.30. The summed E-state index contributed by atoms with van der Waals surface area (Å²) in [6, 6.07) is 6.32. The third-order valence-corrected chi connectivity index (χ3v) is 4.51. The van der Waals surface area contributed by atoms with Crippen molar-refractivity contribution >= 4 is 40.7 Å². The number of carbonyl (C=O) groups is 4. The number of ether oxygens (including phenoxy) is 2. The summed E-state index contributed by atoms with van der Waals surface area (Å²) in [5.74, 6) is -2.60. The summed E-state index contributed by atoms with van der Waals surface area (Å²) in [7, 11) is 0. The Kier molecular flexibility index (Phi) is 8.85. The number of aromatic nitrogens is 1. The second-order valence-electron chi connectivity index (χ2n) is 7.46. The molecule has 0 saturated heterocycles. The highest BCUT2D eigenvalue weighted by atomic mass is 16.6. The van der Waals surface area contributed by atoms with Gasteiger partial charge in [-0.05, 0) is 31.9 Å².